The fourth-order valence-electron chi connectivity index (χ4n) is 2.43. The van der Waals surface area contributed by atoms with Crippen LogP contribution < -0.4 is 10.6 Å². The summed E-state index contributed by atoms with van der Waals surface area (Å²) in [7, 11) is 0. The van der Waals surface area contributed by atoms with E-state index in [9.17, 15) is 9.59 Å². The summed E-state index contributed by atoms with van der Waals surface area (Å²) in [5.74, 6) is -0.902. The molecule has 2 rings (SSSR count). The molecule has 21 heavy (non-hydrogen) atoms. The van der Waals surface area contributed by atoms with Crippen molar-refractivity contribution < 1.29 is 14.7 Å². The van der Waals surface area contributed by atoms with Crippen LogP contribution in [0.5, 0.6) is 0 Å². The van der Waals surface area contributed by atoms with Crippen LogP contribution in [0.2, 0.25) is 0 Å². The Kier molecular flexibility index (Phi) is 4.96. The fourth-order valence-corrected chi connectivity index (χ4v) is 2.43. The number of carbonyl (C=O) groups is 2. The molecular formula is C16H22N2O3. The quantitative estimate of drug-likeness (QED) is 0.719. The molecule has 0 aliphatic heterocycles. The molecule has 0 heterocycles. The number of aliphatic hydroxyl groups is 1. The number of anilines is 1. The molecule has 1 aliphatic rings. The number of aliphatic hydroxyl groups excluding tert-OH is 1. The highest BCUT2D eigenvalue weighted by Gasteiger charge is 2.33. The zero-order chi connectivity index (χ0) is 15.4. The zero-order valence-electron chi connectivity index (χ0n) is 12.5. The molecule has 0 radical (unpaired) electrons. The zero-order valence-corrected chi connectivity index (χ0v) is 12.5. The van der Waals surface area contributed by atoms with Crippen LogP contribution in [0.1, 0.15) is 30.4 Å². The van der Waals surface area contributed by atoms with Crippen molar-refractivity contribution in [2.75, 3.05) is 11.9 Å². The van der Waals surface area contributed by atoms with Crippen molar-refractivity contribution in [3.05, 3.63) is 29.3 Å². The first-order valence-corrected chi connectivity index (χ1v) is 7.31. The normalized spacial score (nSPS) is 15.4. The van der Waals surface area contributed by atoms with Gasteiger partial charge in [-0.1, -0.05) is 17.7 Å². The Morgan fingerprint density at radius 1 is 1.29 bits per heavy atom. The highest BCUT2D eigenvalue weighted by molar-refractivity contribution is 6.39. The molecule has 1 aromatic carbocycles. The van der Waals surface area contributed by atoms with Crippen molar-refractivity contribution in [2.45, 2.75) is 39.2 Å². The molecule has 114 valence electrons. The third-order valence-electron chi connectivity index (χ3n) is 3.78. The van der Waals surface area contributed by atoms with Gasteiger partial charge >= 0.3 is 11.8 Å². The van der Waals surface area contributed by atoms with Crippen molar-refractivity contribution in [3.63, 3.8) is 0 Å². The molecule has 5 heteroatoms. The van der Waals surface area contributed by atoms with Gasteiger partial charge in [0, 0.05) is 18.3 Å². The molecule has 1 aliphatic carbocycles. The maximum Gasteiger partial charge on any atom is 0.313 e. The number of aryl methyl sites for hydroxylation is 2. The smallest absolute Gasteiger partial charge is 0.313 e. The maximum atomic E-state index is 11.9. The molecule has 0 spiro atoms. The van der Waals surface area contributed by atoms with E-state index in [0.29, 0.717) is 18.0 Å². The number of rotatable bonds is 5. The van der Waals surface area contributed by atoms with Gasteiger partial charge in [-0.05, 0) is 50.7 Å². The molecule has 1 saturated carbocycles. The second-order valence-corrected chi connectivity index (χ2v) is 5.70. The highest BCUT2D eigenvalue weighted by Crippen LogP contribution is 2.33. The van der Waals surface area contributed by atoms with E-state index in [0.717, 1.165) is 24.0 Å². The molecule has 1 unspecified atom stereocenters. The molecule has 2 amide bonds. The Morgan fingerprint density at radius 3 is 2.57 bits per heavy atom. The average molecular weight is 290 g/mol. The first-order chi connectivity index (χ1) is 10.0. The third-order valence-corrected chi connectivity index (χ3v) is 3.78. The minimum atomic E-state index is -0.662. The average Bonchev–Trinajstić information content (AvgIpc) is 3.25. The number of amides is 2. The van der Waals surface area contributed by atoms with Crippen LogP contribution in [-0.4, -0.2) is 29.6 Å². The van der Waals surface area contributed by atoms with Gasteiger partial charge in [0.2, 0.25) is 0 Å². The SMILES string of the molecule is Cc1ccc(NC(=O)C(=O)NC(CCO)C2CC2)c(C)c1. The Bertz CT molecular complexity index is 538. The van der Waals surface area contributed by atoms with Gasteiger partial charge in [0.25, 0.3) is 0 Å². The van der Waals surface area contributed by atoms with E-state index in [1.807, 2.05) is 26.0 Å². The van der Waals surface area contributed by atoms with Crippen LogP contribution in [0.4, 0.5) is 5.69 Å². The second kappa shape index (κ2) is 6.72. The van der Waals surface area contributed by atoms with Crippen LogP contribution in [0.25, 0.3) is 0 Å². The van der Waals surface area contributed by atoms with Crippen molar-refractivity contribution in [1.82, 2.24) is 5.32 Å². The van der Waals surface area contributed by atoms with Crippen LogP contribution in [-0.2, 0) is 9.59 Å². The van der Waals surface area contributed by atoms with Gasteiger partial charge in [0.1, 0.15) is 0 Å². The van der Waals surface area contributed by atoms with Gasteiger partial charge in [0.05, 0.1) is 0 Å². The lowest BCUT2D eigenvalue weighted by molar-refractivity contribution is -0.136. The summed E-state index contributed by atoms with van der Waals surface area (Å²) >= 11 is 0. The van der Waals surface area contributed by atoms with Crippen molar-refractivity contribution in [1.29, 1.82) is 0 Å². The Labute approximate surface area is 124 Å². The molecule has 0 saturated heterocycles. The summed E-state index contributed by atoms with van der Waals surface area (Å²) in [6, 6.07) is 5.53. The van der Waals surface area contributed by atoms with Crippen LogP contribution in [0, 0.1) is 19.8 Å². The number of hydrogen-bond donors (Lipinski definition) is 3. The monoisotopic (exact) mass is 290 g/mol. The summed E-state index contributed by atoms with van der Waals surface area (Å²) in [4.78, 5) is 23.9. The fraction of sp³-hybridized carbons (Fsp3) is 0.500. The minimum absolute atomic E-state index is 0.0140. The molecule has 1 aromatic rings. The van der Waals surface area contributed by atoms with E-state index in [2.05, 4.69) is 10.6 Å². The standard InChI is InChI=1S/C16H22N2O3/c1-10-3-6-13(11(2)9-10)17-15(20)16(21)18-14(7-8-19)12-4-5-12/h3,6,9,12,14,19H,4-5,7-8H2,1-2H3,(H,17,20)(H,18,21). The number of nitrogens with one attached hydrogen (secondary N) is 2. The molecule has 0 aromatic heterocycles. The lowest BCUT2D eigenvalue weighted by Crippen LogP contribution is -2.43. The molecule has 1 fully saturated rings. The first kappa shape index (κ1) is 15.5. The summed E-state index contributed by atoms with van der Waals surface area (Å²) in [5.41, 5.74) is 2.67. The van der Waals surface area contributed by atoms with Crippen LogP contribution in [0.15, 0.2) is 18.2 Å². The second-order valence-electron chi connectivity index (χ2n) is 5.70. The van der Waals surface area contributed by atoms with E-state index in [1.165, 1.54) is 0 Å². The van der Waals surface area contributed by atoms with Crippen molar-refractivity contribution in [2.24, 2.45) is 5.92 Å². The van der Waals surface area contributed by atoms with E-state index in [-0.39, 0.29) is 12.6 Å². The number of hydrogen-bond acceptors (Lipinski definition) is 3. The van der Waals surface area contributed by atoms with Crippen molar-refractivity contribution in [3.8, 4) is 0 Å². The van der Waals surface area contributed by atoms with Gasteiger partial charge < -0.3 is 15.7 Å². The van der Waals surface area contributed by atoms with Gasteiger partial charge in [-0.15, -0.1) is 0 Å². The molecule has 0 bridgehead atoms. The molecule has 1 atom stereocenters. The summed E-state index contributed by atoms with van der Waals surface area (Å²) in [6.45, 7) is 3.87. The Balaban J connectivity index is 1.94. The number of benzene rings is 1. The molecule has 3 N–H and O–H groups in total. The summed E-state index contributed by atoms with van der Waals surface area (Å²) < 4.78 is 0. The lowest BCUT2D eigenvalue weighted by atomic mass is 10.1. The topological polar surface area (TPSA) is 78.4 Å². The van der Waals surface area contributed by atoms with Gasteiger partial charge in [0.15, 0.2) is 0 Å². The Hall–Kier alpha value is -1.88. The van der Waals surface area contributed by atoms with E-state index >= 15 is 0 Å². The predicted octanol–water partition coefficient (Wildman–Crippen LogP) is 1.52. The first-order valence-electron chi connectivity index (χ1n) is 7.31. The van der Waals surface area contributed by atoms with Gasteiger partial charge in [-0.25, -0.2) is 0 Å². The largest absolute Gasteiger partial charge is 0.396 e. The lowest BCUT2D eigenvalue weighted by Gasteiger charge is -2.17. The van der Waals surface area contributed by atoms with E-state index < -0.39 is 11.8 Å². The van der Waals surface area contributed by atoms with Gasteiger partial charge in [-0.3, -0.25) is 9.59 Å². The molecule has 5 nitrogen and oxygen atoms in total. The van der Waals surface area contributed by atoms with Crippen LogP contribution in [0.3, 0.4) is 0 Å². The van der Waals surface area contributed by atoms with Gasteiger partial charge in [-0.2, -0.15) is 0 Å². The minimum Gasteiger partial charge on any atom is -0.396 e. The maximum absolute atomic E-state index is 11.9. The Morgan fingerprint density at radius 2 is 2.00 bits per heavy atom. The summed E-state index contributed by atoms with van der Waals surface area (Å²) in [6.07, 6.45) is 2.58. The van der Waals surface area contributed by atoms with Crippen LogP contribution >= 0.6 is 0 Å². The van der Waals surface area contributed by atoms with E-state index in [4.69, 9.17) is 5.11 Å². The van der Waals surface area contributed by atoms with Crippen molar-refractivity contribution >= 4 is 17.5 Å². The molecular weight excluding hydrogens is 268 g/mol. The predicted molar refractivity (Wildman–Crippen MR) is 80.9 cm³/mol. The third kappa shape index (κ3) is 4.29. The highest BCUT2D eigenvalue weighted by atomic mass is 16.3. The number of carbonyl (C=O) groups excluding carboxylic acids is 2. The summed E-state index contributed by atoms with van der Waals surface area (Å²) in [5, 5.41) is 14.4. The van der Waals surface area contributed by atoms with E-state index in [1.54, 1.807) is 6.07 Å².